The lowest BCUT2D eigenvalue weighted by Crippen LogP contribution is -2.48. The van der Waals surface area contributed by atoms with Crippen LogP contribution < -0.4 is 16.0 Å². The number of morpholine rings is 1. The SMILES string of the molecule is CC1CN(c2ccc(CNC(=O)[C@@H](N)C(C)(C)C)cn2)CC(C)O1. The molecule has 1 fully saturated rings. The Hall–Kier alpha value is -1.66. The van der Waals surface area contributed by atoms with E-state index in [0.29, 0.717) is 6.54 Å². The Kier molecular flexibility index (Phi) is 5.83. The van der Waals surface area contributed by atoms with Crippen LogP contribution in [0, 0.1) is 5.41 Å². The molecule has 0 spiro atoms. The van der Waals surface area contributed by atoms with Crippen LogP contribution in [0.1, 0.15) is 40.2 Å². The van der Waals surface area contributed by atoms with Gasteiger partial charge in [-0.05, 0) is 30.9 Å². The number of nitrogens with one attached hydrogen (secondary N) is 1. The first kappa shape index (κ1) is 18.7. The minimum atomic E-state index is -0.527. The average molecular weight is 334 g/mol. The highest BCUT2D eigenvalue weighted by Gasteiger charge is 2.27. The summed E-state index contributed by atoms with van der Waals surface area (Å²) in [6.07, 6.45) is 2.21. The van der Waals surface area contributed by atoms with Crippen LogP contribution in [-0.2, 0) is 16.1 Å². The molecule has 1 aliphatic heterocycles. The second-order valence-electron chi connectivity index (χ2n) is 7.75. The van der Waals surface area contributed by atoms with Gasteiger partial charge in [0, 0.05) is 25.8 Å². The number of hydrogen-bond acceptors (Lipinski definition) is 5. The van der Waals surface area contributed by atoms with Crippen LogP contribution >= 0.6 is 0 Å². The van der Waals surface area contributed by atoms with E-state index in [1.807, 2.05) is 39.1 Å². The summed E-state index contributed by atoms with van der Waals surface area (Å²) >= 11 is 0. The predicted octanol–water partition coefficient (Wildman–Crippen LogP) is 1.68. The molecule has 1 aromatic heterocycles. The van der Waals surface area contributed by atoms with Crippen molar-refractivity contribution in [1.82, 2.24) is 10.3 Å². The van der Waals surface area contributed by atoms with Crippen molar-refractivity contribution in [1.29, 1.82) is 0 Å². The Bertz CT molecular complexity index is 543. The van der Waals surface area contributed by atoms with Crippen LogP contribution in [0.4, 0.5) is 5.82 Å². The van der Waals surface area contributed by atoms with E-state index in [1.54, 1.807) is 0 Å². The smallest absolute Gasteiger partial charge is 0.237 e. The number of pyridine rings is 1. The van der Waals surface area contributed by atoms with Crippen LogP contribution in [-0.4, -0.2) is 42.2 Å². The molecule has 0 bridgehead atoms. The van der Waals surface area contributed by atoms with Gasteiger partial charge < -0.3 is 20.7 Å². The topological polar surface area (TPSA) is 80.5 Å². The van der Waals surface area contributed by atoms with Gasteiger partial charge in [-0.1, -0.05) is 26.8 Å². The third-order valence-corrected chi connectivity index (χ3v) is 4.23. The molecule has 6 nitrogen and oxygen atoms in total. The van der Waals surface area contributed by atoms with E-state index < -0.39 is 6.04 Å². The maximum Gasteiger partial charge on any atom is 0.237 e. The summed E-state index contributed by atoms with van der Waals surface area (Å²) in [6, 6.07) is 3.47. The van der Waals surface area contributed by atoms with Crippen LogP contribution in [0.3, 0.4) is 0 Å². The minimum Gasteiger partial charge on any atom is -0.372 e. The van der Waals surface area contributed by atoms with Gasteiger partial charge >= 0.3 is 0 Å². The monoisotopic (exact) mass is 334 g/mol. The zero-order chi connectivity index (χ0) is 17.9. The number of ether oxygens (including phenoxy) is 1. The van der Waals surface area contributed by atoms with Gasteiger partial charge in [0.1, 0.15) is 5.82 Å². The summed E-state index contributed by atoms with van der Waals surface area (Å²) in [5, 5.41) is 2.88. The molecular weight excluding hydrogens is 304 g/mol. The number of anilines is 1. The molecule has 2 heterocycles. The van der Waals surface area contributed by atoms with Gasteiger partial charge in [0.2, 0.25) is 5.91 Å². The van der Waals surface area contributed by atoms with Crippen LogP contribution in [0.5, 0.6) is 0 Å². The summed E-state index contributed by atoms with van der Waals surface area (Å²) in [6.45, 7) is 12.1. The standard InChI is InChI=1S/C18H30N4O2/c1-12-10-22(11-13(2)24-12)15-7-6-14(8-20-15)9-21-17(23)16(19)18(3,4)5/h6-8,12-13,16H,9-11,19H2,1-5H3,(H,21,23)/t12?,13?,16-/m1/s1. The Balaban J connectivity index is 1.91. The molecule has 1 saturated heterocycles. The van der Waals surface area contributed by atoms with Crippen LogP contribution in [0.15, 0.2) is 18.3 Å². The number of amides is 1. The number of aromatic nitrogens is 1. The number of carbonyl (C=O) groups is 1. The molecule has 1 aromatic rings. The molecule has 2 rings (SSSR count). The van der Waals surface area contributed by atoms with Gasteiger partial charge in [-0.25, -0.2) is 4.98 Å². The van der Waals surface area contributed by atoms with Crippen molar-refractivity contribution in [2.75, 3.05) is 18.0 Å². The molecule has 0 radical (unpaired) electrons. The Labute approximate surface area is 144 Å². The maximum atomic E-state index is 12.1. The van der Waals surface area contributed by atoms with Crippen molar-refractivity contribution >= 4 is 11.7 Å². The second-order valence-corrected chi connectivity index (χ2v) is 7.75. The summed E-state index contributed by atoms with van der Waals surface area (Å²) in [7, 11) is 0. The van der Waals surface area contributed by atoms with E-state index in [9.17, 15) is 4.79 Å². The Morgan fingerprint density at radius 1 is 1.38 bits per heavy atom. The minimum absolute atomic E-state index is 0.137. The van der Waals surface area contributed by atoms with Crippen molar-refractivity contribution in [2.45, 2.75) is 59.4 Å². The van der Waals surface area contributed by atoms with Crippen LogP contribution in [0.25, 0.3) is 0 Å². The van der Waals surface area contributed by atoms with Gasteiger partial charge in [-0.15, -0.1) is 0 Å². The van der Waals surface area contributed by atoms with E-state index in [4.69, 9.17) is 10.5 Å². The fourth-order valence-corrected chi connectivity index (χ4v) is 2.77. The lowest BCUT2D eigenvalue weighted by Gasteiger charge is -2.36. The van der Waals surface area contributed by atoms with E-state index in [0.717, 1.165) is 24.5 Å². The lowest BCUT2D eigenvalue weighted by atomic mass is 9.87. The van der Waals surface area contributed by atoms with Crippen molar-refractivity contribution in [3.63, 3.8) is 0 Å². The highest BCUT2D eigenvalue weighted by Crippen LogP contribution is 2.19. The summed E-state index contributed by atoms with van der Waals surface area (Å²) < 4.78 is 5.75. The van der Waals surface area contributed by atoms with E-state index in [-0.39, 0.29) is 23.5 Å². The largest absolute Gasteiger partial charge is 0.372 e. The number of nitrogens with two attached hydrogens (primary N) is 1. The zero-order valence-corrected chi connectivity index (χ0v) is 15.4. The zero-order valence-electron chi connectivity index (χ0n) is 15.4. The maximum absolute atomic E-state index is 12.1. The number of rotatable bonds is 4. The van der Waals surface area contributed by atoms with E-state index >= 15 is 0 Å². The first-order valence-corrected chi connectivity index (χ1v) is 8.55. The summed E-state index contributed by atoms with van der Waals surface area (Å²) in [5.41, 5.74) is 6.67. The molecule has 134 valence electrons. The number of carbonyl (C=O) groups excluding carboxylic acids is 1. The molecule has 2 unspecified atom stereocenters. The van der Waals surface area contributed by atoms with Crippen molar-refractivity contribution in [3.05, 3.63) is 23.9 Å². The molecule has 3 atom stereocenters. The quantitative estimate of drug-likeness (QED) is 0.876. The average Bonchev–Trinajstić information content (AvgIpc) is 2.50. The molecule has 1 aliphatic rings. The molecule has 0 saturated carbocycles. The fraction of sp³-hybridized carbons (Fsp3) is 0.667. The summed E-state index contributed by atoms with van der Waals surface area (Å²) in [4.78, 5) is 18.8. The third-order valence-electron chi connectivity index (χ3n) is 4.23. The molecule has 0 aromatic carbocycles. The molecule has 0 aliphatic carbocycles. The first-order chi connectivity index (χ1) is 11.2. The fourth-order valence-electron chi connectivity index (χ4n) is 2.77. The van der Waals surface area contributed by atoms with Gasteiger partial charge in [-0.3, -0.25) is 4.79 Å². The van der Waals surface area contributed by atoms with Gasteiger partial charge in [0.05, 0.1) is 18.2 Å². The molecule has 6 heteroatoms. The summed E-state index contributed by atoms with van der Waals surface area (Å²) in [5.74, 6) is 0.806. The Morgan fingerprint density at radius 3 is 2.50 bits per heavy atom. The first-order valence-electron chi connectivity index (χ1n) is 8.55. The highest BCUT2D eigenvalue weighted by molar-refractivity contribution is 5.82. The molecule has 1 amide bonds. The van der Waals surface area contributed by atoms with Crippen LogP contribution in [0.2, 0.25) is 0 Å². The normalized spacial score (nSPS) is 23.0. The molecular formula is C18H30N4O2. The lowest BCUT2D eigenvalue weighted by molar-refractivity contribution is -0.124. The number of hydrogen-bond donors (Lipinski definition) is 2. The third kappa shape index (κ3) is 4.92. The second kappa shape index (κ2) is 7.49. The number of nitrogens with zero attached hydrogens (tertiary/aromatic N) is 2. The molecule has 3 N–H and O–H groups in total. The molecule has 24 heavy (non-hydrogen) atoms. The predicted molar refractivity (Wildman–Crippen MR) is 95.7 cm³/mol. The van der Waals surface area contributed by atoms with Gasteiger partial charge in [0.25, 0.3) is 0 Å². The van der Waals surface area contributed by atoms with Crippen molar-refractivity contribution in [3.8, 4) is 0 Å². The van der Waals surface area contributed by atoms with Crippen molar-refractivity contribution < 1.29 is 9.53 Å². The van der Waals surface area contributed by atoms with Gasteiger partial charge in [0.15, 0.2) is 0 Å². The van der Waals surface area contributed by atoms with E-state index in [2.05, 4.69) is 29.0 Å². The van der Waals surface area contributed by atoms with Gasteiger partial charge in [-0.2, -0.15) is 0 Å². The van der Waals surface area contributed by atoms with Crippen molar-refractivity contribution in [2.24, 2.45) is 11.1 Å². The van der Waals surface area contributed by atoms with E-state index in [1.165, 1.54) is 0 Å². The highest BCUT2D eigenvalue weighted by atomic mass is 16.5. The Morgan fingerprint density at radius 2 is 2.00 bits per heavy atom.